The summed E-state index contributed by atoms with van der Waals surface area (Å²) in [6, 6.07) is 6.21. The molecule has 0 saturated carbocycles. The van der Waals surface area contributed by atoms with Crippen LogP contribution in [0.2, 0.25) is 0 Å². The SMILES string of the molecule is OCCCCN1Cc2ccc(CO)cc2C1. The predicted octanol–water partition coefficient (Wildman–Crippen LogP) is 1.27. The van der Waals surface area contributed by atoms with Crippen LogP contribution in [0.15, 0.2) is 18.2 Å². The number of hydrogen-bond donors (Lipinski definition) is 2. The van der Waals surface area contributed by atoms with Crippen LogP contribution in [0.4, 0.5) is 0 Å². The number of rotatable bonds is 5. The summed E-state index contributed by atoms with van der Waals surface area (Å²) in [4.78, 5) is 2.39. The fourth-order valence-electron chi connectivity index (χ4n) is 2.22. The van der Waals surface area contributed by atoms with Crippen molar-refractivity contribution in [3.05, 3.63) is 34.9 Å². The zero-order valence-electron chi connectivity index (χ0n) is 9.52. The van der Waals surface area contributed by atoms with Gasteiger partial charge in [0.15, 0.2) is 0 Å². The maximum Gasteiger partial charge on any atom is 0.0681 e. The number of unbranched alkanes of at least 4 members (excludes halogenated alkanes) is 1. The number of nitrogens with zero attached hydrogens (tertiary/aromatic N) is 1. The van der Waals surface area contributed by atoms with E-state index in [1.54, 1.807) is 0 Å². The molecule has 3 nitrogen and oxygen atoms in total. The third-order valence-corrected chi connectivity index (χ3v) is 3.12. The van der Waals surface area contributed by atoms with Crippen molar-refractivity contribution in [1.82, 2.24) is 4.90 Å². The summed E-state index contributed by atoms with van der Waals surface area (Å²) in [6.07, 6.45) is 1.94. The van der Waals surface area contributed by atoms with Gasteiger partial charge < -0.3 is 10.2 Å². The van der Waals surface area contributed by atoms with E-state index in [0.29, 0.717) is 0 Å². The Bertz CT molecular complexity index is 352. The summed E-state index contributed by atoms with van der Waals surface area (Å²) in [6.45, 7) is 3.44. The normalized spacial score (nSPS) is 15.4. The van der Waals surface area contributed by atoms with E-state index in [-0.39, 0.29) is 13.2 Å². The van der Waals surface area contributed by atoms with Gasteiger partial charge in [0.25, 0.3) is 0 Å². The van der Waals surface area contributed by atoms with Crippen LogP contribution in [-0.2, 0) is 19.7 Å². The molecule has 0 unspecified atom stereocenters. The maximum absolute atomic E-state index is 9.07. The van der Waals surface area contributed by atoms with Crippen molar-refractivity contribution < 1.29 is 10.2 Å². The molecule has 2 rings (SSSR count). The number of hydrogen-bond acceptors (Lipinski definition) is 3. The minimum absolute atomic E-state index is 0.123. The topological polar surface area (TPSA) is 43.7 Å². The van der Waals surface area contributed by atoms with Gasteiger partial charge in [-0.2, -0.15) is 0 Å². The first-order valence-electron chi connectivity index (χ1n) is 5.88. The van der Waals surface area contributed by atoms with E-state index in [9.17, 15) is 0 Å². The predicted molar refractivity (Wildman–Crippen MR) is 62.8 cm³/mol. The quantitative estimate of drug-likeness (QED) is 0.736. The average molecular weight is 221 g/mol. The molecule has 0 fully saturated rings. The third kappa shape index (κ3) is 2.61. The van der Waals surface area contributed by atoms with Gasteiger partial charge in [-0.1, -0.05) is 18.2 Å². The molecule has 0 spiro atoms. The Morgan fingerprint density at radius 3 is 2.62 bits per heavy atom. The Labute approximate surface area is 96.3 Å². The molecule has 1 aliphatic rings. The molecule has 16 heavy (non-hydrogen) atoms. The van der Waals surface area contributed by atoms with Crippen LogP contribution in [0.1, 0.15) is 29.5 Å². The number of aliphatic hydroxyl groups is 2. The van der Waals surface area contributed by atoms with Crippen LogP contribution in [0.3, 0.4) is 0 Å². The highest BCUT2D eigenvalue weighted by molar-refractivity contribution is 5.34. The van der Waals surface area contributed by atoms with Crippen molar-refractivity contribution in [1.29, 1.82) is 0 Å². The smallest absolute Gasteiger partial charge is 0.0681 e. The Hall–Kier alpha value is -0.900. The van der Waals surface area contributed by atoms with Crippen molar-refractivity contribution in [2.75, 3.05) is 13.2 Å². The largest absolute Gasteiger partial charge is 0.396 e. The molecule has 1 heterocycles. The molecule has 88 valence electrons. The number of benzene rings is 1. The second kappa shape index (κ2) is 5.43. The van der Waals surface area contributed by atoms with E-state index in [1.165, 1.54) is 11.1 Å². The molecular weight excluding hydrogens is 202 g/mol. The monoisotopic (exact) mass is 221 g/mol. The Morgan fingerprint density at radius 2 is 1.88 bits per heavy atom. The molecule has 2 N–H and O–H groups in total. The lowest BCUT2D eigenvalue weighted by Crippen LogP contribution is -2.17. The van der Waals surface area contributed by atoms with E-state index >= 15 is 0 Å². The van der Waals surface area contributed by atoms with E-state index in [2.05, 4.69) is 17.0 Å². The zero-order chi connectivity index (χ0) is 11.4. The van der Waals surface area contributed by atoms with Crippen molar-refractivity contribution >= 4 is 0 Å². The minimum Gasteiger partial charge on any atom is -0.396 e. The molecule has 1 aliphatic heterocycles. The Morgan fingerprint density at radius 1 is 1.06 bits per heavy atom. The van der Waals surface area contributed by atoms with Crippen molar-refractivity contribution in [3.63, 3.8) is 0 Å². The summed E-state index contributed by atoms with van der Waals surface area (Å²) < 4.78 is 0. The summed E-state index contributed by atoms with van der Waals surface area (Å²) in [5, 5.41) is 17.8. The maximum atomic E-state index is 9.07. The van der Waals surface area contributed by atoms with Gasteiger partial charge in [0, 0.05) is 19.7 Å². The Balaban J connectivity index is 1.93. The molecule has 0 bridgehead atoms. The van der Waals surface area contributed by atoms with Gasteiger partial charge in [-0.25, -0.2) is 0 Å². The molecule has 0 radical (unpaired) electrons. The fraction of sp³-hybridized carbons (Fsp3) is 0.538. The van der Waals surface area contributed by atoms with E-state index in [0.717, 1.165) is 38.0 Å². The summed E-state index contributed by atoms with van der Waals surface area (Å²) >= 11 is 0. The van der Waals surface area contributed by atoms with E-state index in [1.807, 2.05) is 6.07 Å². The summed E-state index contributed by atoms with van der Waals surface area (Å²) in [5.74, 6) is 0. The number of aliphatic hydroxyl groups excluding tert-OH is 2. The highest BCUT2D eigenvalue weighted by atomic mass is 16.3. The highest BCUT2D eigenvalue weighted by Gasteiger charge is 2.18. The van der Waals surface area contributed by atoms with Gasteiger partial charge in [-0.05, 0) is 36.1 Å². The third-order valence-electron chi connectivity index (χ3n) is 3.12. The second-order valence-corrected chi connectivity index (χ2v) is 4.40. The van der Waals surface area contributed by atoms with Crippen molar-refractivity contribution in [3.8, 4) is 0 Å². The van der Waals surface area contributed by atoms with Gasteiger partial charge in [0.2, 0.25) is 0 Å². The van der Waals surface area contributed by atoms with Crippen molar-refractivity contribution in [2.45, 2.75) is 32.5 Å². The van der Waals surface area contributed by atoms with Gasteiger partial charge in [0.05, 0.1) is 6.61 Å². The lowest BCUT2D eigenvalue weighted by molar-refractivity contribution is 0.245. The highest BCUT2D eigenvalue weighted by Crippen LogP contribution is 2.24. The lowest BCUT2D eigenvalue weighted by atomic mass is 10.1. The van der Waals surface area contributed by atoms with Crippen LogP contribution >= 0.6 is 0 Å². The van der Waals surface area contributed by atoms with Crippen LogP contribution < -0.4 is 0 Å². The van der Waals surface area contributed by atoms with Crippen LogP contribution in [-0.4, -0.2) is 28.3 Å². The standard InChI is InChI=1S/C13H19NO2/c15-6-2-1-5-14-8-12-4-3-11(10-16)7-13(12)9-14/h3-4,7,15-16H,1-2,5-6,8-10H2. The van der Waals surface area contributed by atoms with Crippen LogP contribution in [0.5, 0.6) is 0 Å². The molecule has 0 aliphatic carbocycles. The first-order chi connectivity index (χ1) is 7.83. The second-order valence-electron chi connectivity index (χ2n) is 4.40. The number of fused-ring (bicyclic) bond motifs is 1. The zero-order valence-corrected chi connectivity index (χ0v) is 9.52. The molecule has 0 aromatic heterocycles. The Kier molecular flexibility index (Phi) is 3.93. The van der Waals surface area contributed by atoms with E-state index in [4.69, 9.17) is 10.2 Å². The first-order valence-corrected chi connectivity index (χ1v) is 5.88. The lowest BCUT2D eigenvalue weighted by Gasteiger charge is -2.13. The molecule has 0 saturated heterocycles. The first kappa shape index (κ1) is 11.6. The molecule has 1 aromatic carbocycles. The van der Waals surface area contributed by atoms with Crippen LogP contribution in [0, 0.1) is 0 Å². The van der Waals surface area contributed by atoms with Gasteiger partial charge >= 0.3 is 0 Å². The fourth-order valence-corrected chi connectivity index (χ4v) is 2.22. The molecule has 1 aromatic rings. The summed E-state index contributed by atoms with van der Waals surface area (Å²) in [7, 11) is 0. The van der Waals surface area contributed by atoms with Gasteiger partial charge in [-0.15, -0.1) is 0 Å². The molecule has 0 amide bonds. The van der Waals surface area contributed by atoms with Gasteiger partial charge in [-0.3, -0.25) is 4.90 Å². The minimum atomic E-state index is 0.123. The van der Waals surface area contributed by atoms with E-state index < -0.39 is 0 Å². The molecule has 3 heteroatoms. The molecule has 0 atom stereocenters. The summed E-state index contributed by atoms with van der Waals surface area (Å²) in [5.41, 5.74) is 3.72. The van der Waals surface area contributed by atoms with Crippen molar-refractivity contribution in [2.24, 2.45) is 0 Å². The van der Waals surface area contributed by atoms with Crippen LogP contribution in [0.25, 0.3) is 0 Å². The van der Waals surface area contributed by atoms with Gasteiger partial charge in [0.1, 0.15) is 0 Å². The molecular formula is C13H19NO2. The average Bonchev–Trinajstić information content (AvgIpc) is 2.70.